The van der Waals surface area contributed by atoms with Crippen LogP contribution >= 0.6 is 23.1 Å². The molecule has 0 amide bonds. The molecule has 10 heteroatoms. The van der Waals surface area contributed by atoms with Crippen LogP contribution in [0.1, 0.15) is 32.3 Å². The van der Waals surface area contributed by atoms with Gasteiger partial charge < -0.3 is 4.74 Å². The van der Waals surface area contributed by atoms with Gasteiger partial charge in [0.05, 0.1) is 18.4 Å². The fraction of sp³-hybridized carbons (Fsp3) is 0.348. The average Bonchev–Trinajstić information content (AvgIpc) is 3.27. The van der Waals surface area contributed by atoms with Crippen LogP contribution in [0.5, 0.6) is 5.75 Å². The normalized spacial score (nSPS) is 11.8. The smallest absolute Gasteiger partial charge is 0.332 e. The maximum atomic E-state index is 13.0. The van der Waals surface area contributed by atoms with Crippen LogP contribution in [-0.2, 0) is 25.3 Å². The maximum absolute atomic E-state index is 13.0. The Balaban J connectivity index is 1.76. The summed E-state index contributed by atoms with van der Waals surface area (Å²) in [4.78, 5) is 39.5. The van der Waals surface area contributed by atoms with Crippen LogP contribution in [0.3, 0.4) is 0 Å². The number of methoxy groups -OCH3 is 1. The largest absolute Gasteiger partial charge is 0.496 e. The number of nitrogens with zero attached hydrogens (tertiary/aromatic N) is 5. The van der Waals surface area contributed by atoms with Crippen LogP contribution in [-0.4, -0.2) is 31.2 Å². The molecule has 172 valence electrons. The second-order valence-electron chi connectivity index (χ2n) is 8.64. The minimum absolute atomic E-state index is 0.345. The van der Waals surface area contributed by atoms with E-state index in [1.165, 1.54) is 34.7 Å². The number of thiazole rings is 1. The Kier molecular flexibility index (Phi) is 6.15. The summed E-state index contributed by atoms with van der Waals surface area (Å²) in [7, 11) is 4.73. The van der Waals surface area contributed by atoms with Gasteiger partial charge >= 0.3 is 5.69 Å². The molecule has 0 spiro atoms. The van der Waals surface area contributed by atoms with E-state index in [1.54, 1.807) is 14.2 Å². The molecule has 3 aromatic heterocycles. The van der Waals surface area contributed by atoms with Crippen molar-refractivity contribution >= 4 is 34.1 Å². The molecule has 0 saturated carbocycles. The first-order valence-corrected chi connectivity index (χ1v) is 12.2. The number of aromatic nitrogens is 5. The molecule has 1 aromatic carbocycles. The van der Waals surface area contributed by atoms with Crippen LogP contribution in [0.4, 0.5) is 0 Å². The van der Waals surface area contributed by atoms with E-state index in [-0.39, 0.29) is 5.41 Å². The highest BCUT2D eigenvalue weighted by molar-refractivity contribution is 7.98. The first kappa shape index (κ1) is 23.2. The Bertz CT molecular complexity index is 1460. The third kappa shape index (κ3) is 4.32. The molecule has 33 heavy (non-hydrogen) atoms. The SMILES string of the molecule is COc1ccccc1-c1nc(CSc2nc(C(C)(C)C)nc3c2c(=O)n(C)c(=O)n3C)cs1. The van der Waals surface area contributed by atoms with Crippen molar-refractivity contribution in [2.45, 2.75) is 37.0 Å². The van der Waals surface area contributed by atoms with Gasteiger partial charge in [0.2, 0.25) is 0 Å². The van der Waals surface area contributed by atoms with Gasteiger partial charge in [-0.3, -0.25) is 13.9 Å². The molecule has 0 aliphatic rings. The van der Waals surface area contributed by atoms with Crippen molar-refractivity contribution < 1.29 is 4.74 Å². The van der Waals surface area contributed by atoms with Crippen molar-refractivity contribution in [3.63, 3.8) is 0 Å². The highest BCUT2D eigenvalue weighted by atomic mass is 32.2. The fourth-order valence-electron chi connectivity index (χ4n) is 3.33. The summed E-state index contributed by atoms with van der Waals surface area (Å²) in [6.45, 7) is 6.01. The van der Waals surface area contributed by atoms with Gasteiger partial charge in [0.25, 0.3) is 5.56 Å². The molecule has 0 N–H and O–H groups in total. The Morgan fingerprint density at radius 1 is 1.06 bits per heavy atom. The zero-order valence-corrected chi connectivity index (χ0v) is 21.0. The second kappa shape index (κ2) is 8.75. The van der Waals surface area contributed by atoms with Crippen LogP contribution in [0.2, 0.25) is 0 Å². The molecule has 0 radical (unpaired) electrons. The molecule has 0 saturated heterocycles. The molecule has 0 fully saturated rings. The molecular weight excluding hydrogens is 458 g/mol. The molecule has 0 atom stereocenters. The molecule has 0 bridgehead atoms. The predicted molar refractivity (Wildman–Crippen MR) is 132 cm³/mol. The predicted octanol–water partition coefficient (Wildman–Crippen LogP) is 3.75. The van der Waals surface area contributed by atoms with Crippen LogP contribution < -0.4 is 16.0 Å². The Labute approximate surface area is 199 Å². The van der Waals surface area contributed by atoms with Gasteiger partial charge in [-0.15, -0.1) is 11.3 Å². The van der Waals surface area contributed by atoms with Gasteiger partial charge in [0.1, 0.15) is 27.0 Å². The molecule has 0 aliphatic heterocycles. The van der Waals surface area contributed by atoms with Crippen molar-refractivity contribution in [2.75, 3.05) is 7.11 Å². The van der Waals surface area contributed by atoms with E-state index >= 15 is 0 Å². The van der Waals surface area contributed by atoms with Crippen LogP contribution in [0.25, 0.3) is 21.6 Å². The van der Waals surface area contributed by atoms with Crippen molar-refractivity contribution in [3.8, 4) is 16.3 Å². The number of fused-ring (bicyclic) bond motifs is 1. The molecule has 0 unspecified atom stereocenters. The zero-order valence-electron chi connectivity index (χ0n) is 19.4. The van der Waals surface area contributed by atoms with Crippen LogP contribution in [0, 0.1) is 0 Å². The van der Waals surface area contributed by atoms with Crippen LogP contribution in [0.15, 0.2) is 44.3 Å². The van der Waals surface area contributed by atoms with Crippen molar-refractivity contribution in [2.24, 2.45) is 14.1 Å². The number of hydrogen-bond acceptors (Lipinski definition) is 8. The summed E-state index contributed by atoms with van der Waals surface area (Å²) in [5.41, 5.74) is 0.993. The van der Waals surface area contributed by atoms with E-state index in [0.29, 0.717) is 27.6 Å². The standard InChI is InChI=1S/C23H25N5O3S2/c1-23(2,3)21-25-17-16(20(29)28(5)22(30)27(17)4)19(26-21)33-12-13-11-32-18(24-13)14-9-7-8-10-15(14)31-6/h7-11H,12H2,1-6H3. The van der Waals surface area contributed by atoms with Gasteiger partial charge in [0.15, 0.2) is 5.65 Å². The quantitative estimate of drug-likeness (QED) is 0.315. The number of rotatable bonds is 5. The number of para-hydroxylation sites is 1. The molecule has 3 heterocycles. The minimum Gasteiger partial charge on any atom is -0.496 e. The van der Waals surface area contributed by atoms with Crippen molar-refractivity contribution in [3.05, 3.63) is 62.0 Å². The summed E-state index contributed by atoms with van der Waals surface area (Å²) >= 11 is 2.96. The molecule has 8 nitrogen and oxygen atoms in total. The monoisotopic (exact) mass is 483 g/mol. The highest BCUT2D eigenvalue weighted by Crippen LogP contribution is 2.34. The first-order chi connectivity index (χ1) is 15.6. The average molecular weight is 484 g/mol. The molecule has 4 rings (SSSR count). The van der Waals surface area contributed by atoms with E-state index in [9.17, 15) is 9.59 Å². The van der Waals surface area contributed by atoms with Gasteiger partial charge in [0, 0.05) is 30.6 Å². The number of hydrogen-bond donors (Lipinski definition) is 0. The number of thioether (sulfide) groups is 1. The number of benzene rings is 1. The summed E-state index contributed by atoms with van der Waals surface area (Å²) < 4.78 is 7.95. The van der Waals surface area contributed by atoms with E-state index in [0.717, 1.165) is 26.6 Å². The van der Waals surface area contributed by atoms with Crippen molar-refractivity contribution in [1.82, 2.24) is 24.1 Å². The van der Waals surface area contributed by atoms with Gasteiger partial charge in [-0.1, -0.05) is 44.7 Å². The van der Waals surface area contributed by atoms with E-state index < -0.39 is 11.2 Å². The molecule has 0 aliphatic carbocycles. The highest BCUT2D eigenvalue weighted by Gasteiger charge is 2.24. The van der Waals surface area contributed by atoms with Crippen molar-refractivity contribution in [1.29, 1.82) is 0 Å². The lowest BCUT2D eigenvalue weighted by molar-refractivity contribution is 0.416. The van der Waals surface area contributed by atoms with E-state index in [1.807, 2.05) is 50.4 Å². The van der Waals surface area contributed by atoms with Gasteiger partial charge in [-0.2, -0.15) is 0 Å². The van der Waals surface area contributed by atoms with Gasteiger partial charge in [-0.05, 0) is 12.1 Å². The van der Waals surface area contributed by atoms with E-state index in [2.05, 4.69) is 4.98 Å². The Morgan fingerprint density at radius 2 is 1.79 bits per heavy atom. The topological polar surface area (TPSA) is 91.9 Å². The fourth-order valence-corrected chi connectivity index (χ4v) is 5.19. The summed E-state index contributed by atoms with van der Waals surface area (Å²) in [5, 5.41) is 3.76. The lowest BCUT2D eigenvalue weighted by atomic mass is 9.96. The third-order valence-corrected chi connectivity index (χ3v) is 7.12. The maximum Gasteiger partial charge on any atom is 0.332 e. The van der Waals surface area contributed by atoms with E-state index in [4.69, 9.17) is 14.7 Å². The number of ether oxygens (including phenoxy) is 1. The first-order valence-electron chi connectivity index (χ1n) is 10.3. The Morgan fingerprint density at radius 3 is 2.48 bits per heavy atom. The molecular formula is C23H25N5O3S2. The number of aryl methyl sites for hydroxylation is 1. The second-order valence-corrected chi connectivity index (χ2v) is 10.5. The third-order valence-electron chi connectivity index (χ3n) is 5.18. The lowest BCUT2D eigenvalue weighted by Crippen LogP contribution is -2.38. The summed E-state index contributed by atoms with van der Waals surface area (Å²) in [5.74, 6) is 1.87. The molecule has 4 aromatic rings. The summed E-state index contributed by atoms with van der Waals surface area (Å²) in [6.07, 6.45) is 0. The minimum atomic E-state index is -0.414. The Hall–Kier alpha value is -2.98. The summed E-state index contributed by atoms with van der Waals surface area (Å²) in [6, 6.07) is 7.76. The lowest BCUT2D eigenvalue weighted by Gasteiger charge is -2.19. The van der Waals surface area contributed by atoms with Gasteiger partial charge in [-0.25, -0.2) is 19.7 Å². The zero-order chi connectivity index (χ0) is 23.9.